The highest BCUT2D eigenvalue weighted by molar-refractivity contribution is 7.98. The van der Waals surface area contributed by atoms with E-state index in [2.05, 4.69) is 4.72 Å². The lowest BCUT2D eigenvalue weighted by atomic mass is 10.2. The SMILES string of the molecule is CCNSN(CC)c1ccc(C=O)c(F)c1. The first kappa shape index (κ1) is 13.0. The second-order valence-corrected chi connectivity index (χ2v) is 4.02. The number of aldehydes is 1. The molecule has 3 nitrogen and oxygen atoms in total. The molecule has 1 aromatic rings. The van der Waals surface area contributed by atoms with Crippen molar-refractivity contribution in [2.24, 2.45) is 0 Å². The van der Waals surface area contributed by atoms with Crippen LogP contribution in [-0.4, -0.2) is 19.4 Å². The molecule has 16 heavy (non-hydrogen) atoms. The zero-order chi connectivity index (χ0) is 12.0. The topological polar surface area (TPSA) is 32.3 Å². The average Bonchev–Trinajstić information content (AvgIpc) is 2.30. The van der Waals surface area contributed by atoms with Gasteiger partial charge in [0.2, 0.25) is 0 Å². The van der Waals surface area contributed by atoms with E-state index >= 15 is 0 Å². The number of carbonyl (C=O) groups excluding carboxylic acids is 1. The molecule has 1 rings (SSSR count). The molecule has 88 valence electrons. The van der Waals surface area contributed by atoms with Crippen LogP contribution < -0.4 is 9.03 Å². The van der Waals surface area contributed by atoms with Crippen LogP contribution in [0.3, 0.4) is 0 Å². The van der Waals surface area contributed by atoms with Crippen LogP contribution in [0.25, 0.3) is 0 Å². The molecule has 1 aromatic carbocycles. The standard InChI is InChI=1S/C11H15FN2OS/c1-3-13-16-14(4-2)10-6-5-9(8-15)11(12)7-10/h5-8,13H,3-4H2,1-2H3. The molecule has 0 fully saturated rings. The summed E-state index contributed by atoms with van der Waals surface area (Å²) in [6.07, 6.45) is 0.521. The normalized spacial score (nSPS) is 10.2. The molecule has 0 spiro atoms. The lowest BCUT2D eigenvalue weighted by molar-refractivity contribution is 0.112. The Balaban J connectivity index is 2.84. The van der Waals surface area contributed by atoms with Gasteiger partial charge in [-0.1, -0.05) is 6.92 Å². The maximum absolute atomic E-state index is 13.4. The van der Waals surface area contributed by atoms with Gasteiger partial charge in [0.25, 0.3) is 0 Å². The van der Waals surface area contributed by atoms with Gasteiger partial charge in [0.05, 0.1) is 11.3 Å². The molecule has 0 radical (unpaired) electrons. The van der Waals surface area contributed by atoms with Crippen molar-refractivity contribution in [1.29, 1.82) is 0 Å². The fourth-order valence-electron chi connectivity index (χ4n) is 1.21. The summed E-state index contributed by atoms with van der Waals surface area (Å²) in [6.45, 7) is 5.56. The van der Waals surface area contributed by atoms with Crippen molar-refractivity contribution >= 4 is 24.1 Å². The zero-order valence-corrected chi connectivity index (χ0v) is 10.2. The predicted molar refractivity (Wildman–Crippen MR) is 66.1 cm³/mol. The van der Waals surface area contributed by atoms with Gasteiger partial charge in [-0.05, 0) is 25.1 Å². The Bertz CT molecular complexity index is 360. The lowest BCUT2D eigenvalue weighted by Crippen LogP contribution is -2.20. The van der Waals surface area contributed by atoms with E-state index in [9.17, 15) is 9.18 Å². The lowest BCUT2D eigenvalue weighted by Gasteiger charge is -2.21. The Hall–Kier alpha value is -1.07. The molecule has 0 aliphatic heterocycles. The van der Waals surface area contributed by atoms with Gasteiger partial charge in [-0.15, -0.1) is 0 Å². The molecule has 5 heteroatoms. The molecule has 0 amide bonds. The number of nitrogens with one attached hydrogen (secondary N) is 1. The van der Waals surface area contributed by atoms with Crippen molar-refractivity contribution < 1.29 is 9.18 Å². The fraction of sp³-hybridized carbons (Fsp3) is 0.364. The van der Waals surface area contributed by atoms with Gasteiger partial charge in [-0.3, -0.25) is 4.79 Å². The monoisotopic (exact) mass is 242 g/mol. The Labute approximate surface area is 99.3 Å². The zero-order valence-electron chi connectivity index (χ0n) is 9.37. The summed E-state index contributed by atoms with van der Waals surface area (Å²) in [5.74, 6) is -0.483. The first-order valence-electron chi connectivity index (χ1n) is 5.15. The number of benzene rings is 1. The van der Waals surface area contributed by atoms with Gasteiger partial charge in [-0.2, -0.15) is 0 Å². The summed E-state index contributed by atoms with van der Waals surface area (Å²) in [5, 5.41) is 0. The van der Waals surface area contributed by atoms with E-state index in [0.29, 0.717) is 6.29 Å². The molecule has 1 N–H and O–H groups in total. The number of anilines is 1. The van der Waals surface area contributed by atoms with Crippen molar-refractivity contribution in [2.45, 2.75) is 13.8 Å². The molecular formula is C11H15FN2OS. The van der Waals surface area contributed by atoms with Crippen LogP contribution in [-0.2, 0) is 0 Å². The van der Waals surface area contributed by atoms with Gasteiger partial charge in [0, 0.05) is 25.2 Å². The summed E-state index contributed by atoms with van der Waals surface area (Å²) in [4.78, 5) is 10.5. The molecular weight excluding hydrogens is 227 g/mol. The van der Waals surface area contributed by atoms with Crippen molar-refractivity contribution in [3.05, 3.63) is 29.6 Å². The van der Waals surface area contributed by atoms with E-state index in [0.717, 1.165) is 18.8 Å². The quantitative estimate of drug-likeness (QED) is 0.614. The number of hydrogen-bond donors (Lipinski definition) is 1. The van der Waals surface area contributed by atoms with Crippen molar-refractivity contribution in [3.8, 4) is 0 Å². The van der Waals surface area contributed by atoms with Crippen LogP contribution in [0.5, 0.6) is 0 Å². The van der Waals surface area contributed by atoms with Crippen LogP contribution in [0, 0.1) is 5.82 Å². The molecule has 0 aromatic heterocycles. The molecule has 0 saturated carbocycles. The average molecular weight is 242 g/mol. The maximum atomic E-state index is 13.4. The van der Waals surface area contributed by atoms with Gasteiger partial charge in [0.15, 0.2) is 6.29 Å². The van der Waals surface area contributed by atoms with E-state index in [1.807, 2.05) is 18.2 Å². The van der Waals surface area contributed by atoms with Gasteiger partial charge >= 0.3 is 0 Å². The number of hydrogen-bond acceptors (Lipinski definition) is 4. The van der Waals surface area contributed by atoms with E-state index in [1.54, 1.807) is 6.07 Å². The van der Waals surface area contributed by atoms with E-state index in [-0.39, 0.29) is 5.56 Å². The Morgan fingerprint density at radius 3 is 2.75 bits per heavy atom. The highest BCUT2D eigenvalue weighted by Gasteiger charge is 2.08. The second kappa shape index (κ2) is 6.50. The molecule has 0 aliphatic carbocycles. The highest BCUT2D eigenvalue weighted by Crippen LogP contribution is 2.22. The van der Waals surface area contributed by atoms with Gasteiger partial charge in [-0.25, -0.2) is 9.11 Å². The van der Waals surface area contributed by atoms with Crippen molar-refractivity contribution in [1.82, 2.24) is 4.72 Å². The van der Waals surface area contributed by atoms with Crippen molar-refractivity contribution in [2.75, 3.05) is 17.4 Å². The first-order chi connectivity index (χ1) is 7.72. The molecule has 0 bridgehead atoms. The third-order valence-corrected chi connectivity index (χ3v) is 3.11. The number of halogens is 1. The molecule has 0 aliphatic rings. The number of rotatable bonds is 6. The Kier molecular flexibility index (Phi) is 5.28. The van der Waals surface area contributed by atoms with E-state index in [4.69, 9.17) is 0 Å². The predicted octanol–water partition coefficient (Wildman–Crippen LogP) is 2.64. The number of carbonyl (C=O) groups is 1. The molecule has 0 saturated heterocycles. The molecule has 0 atom stereocenters. The van der Waals surface area contributed by atoms with Crippen LogP contribution in [0.2, 0.25) is 0 Å². The van der Waals surface area contributed by atoms with Gasteiger partial charge < -0.3 is 4.31 Å². The number of nitrogens with zero attached hydrogens (tertiary/aromatic N) is 1. The minimum absolute atomic E-state index is 0.0910. The van der Waals surface area contributed by atoms with E-state index in [1.165, 1.54) is 24.3 Å². The van der Waals surface area contributed by atoms with Crippen LogP contribution in [0.4, 0.5) is 10.1 Å². The summed E-state index contributed by atoms with van der Waals surface area (Å²) in [6, 6.07) is 4.60. The molecule has 0 unspecified atom stereocenters. The van der Waals surface area contributed by atoms with Crippen LogP contribution in [0.1, 0.15) is 24.2 Å². The first-order valence-corrected chi connectivity index (χ1v) is 5.92. The Morgan fingerprint density at radius 2 is 2.25 bits per heavy atom. The minimum atomic E-state index is -0.483. The summed E-state index contributed by atoms with van der Waals surface area (Å²) in [5.41, 5.74) is 0.838. The fourth-order valence-corrected chi connectivity index (χ4v) is 1.84. The third kappa shape index (κ3) is 3.21. The van der Waals surface area contributed by atoms with Gasteiger partial charge in [0.1, 0.15) is 5.82 Å². The summed E-state index contributed by atoms with van der Waals surface area (Å²) >= 11 is 1.43. The van der Waals surface area contributed by atoms with Crippen LogP contribution in [0.15, 0.2) is 18.2 Å². The minimum Gasteiger partial charge on any atom is -0.304 e. The van der Waals surface area contributed by atoms with E-state index < -0.39 is 5.82 Å². The van der Waals surface area contributed by atoms with Crippen molar-refractivity contribution in [3.63, 3.8) is 0 Å². The summed E-state index contributed by atoms with van der Waals surface area (Å²) < 4.78 is 18.4. The second-order valence-electron chi connectivity index (χ2n) is 3.11. The Morgan fingerprint density at radius 1 is 1.50 bits per heavy atom. The largest absolute Gasteiger partial charge is 0.304 e. The highest BCUT2D eigenvalue weighted by atomic mass is 32.2. The third-order valence-electron chi connectivity index (χ3n) is 2.01. The molecule has 0 heterocycles. The summed E-state index contributed by atoms with van der Waals surface area (Å²) in [7, 11) is 0. The van der Waals surface area contributed by atoms with Crippen LogP contribution >= 0.6 is 12.1 Å². The smallest absolute Gasteiger partial charge is 0.152 e. The maximum Gasteiger partial charge on any atom is 0.152 e.